The highest BCUT2D eigenvalue weighted by Gasteiger charge is 2.25. The van der Waals surface area contributed by atoms with Gasteiger partial charge in [-0.15, -0.1) is 11.3 Å². The van der Waals surface area contributed by atoms with Gasteiger partial charge in [0.05, 0.1) is 11.1 Å². The highest BCUT2D eigenvalue weighted by molar-refractivity contribution is 7.10. The molecule has 2 amide bonds. The van der Waals surface area contributed by atoms with Gasteiger partial charge in [-0.3, -0.25) is 9.59 Å². The van der Waals surface area contributed by atoms with Crippen LogP contribution in [0.15, 0.2) is 11.4 Å². The summed E-state index contributed by atoms with van der Waals surface area (Å²) in [5.74, 6) is -0.0707. The summed E-state index contributed by atoms with van der Waals surface area (Å²) in [5, 5.41) is 10.6. The van der Waals surface area contributed by atoms with Crippen LogP contribution >= 0.6 is 11.3 Å². The summed E-state index contributed by atoms with van der Waals surface area (Å²) < 4.78 is 0. The summed E-state index contributed by atoms with van der Waals surface area (Å²) in [6.45, 7) is 6.48. The fraction of sp³-hybridized carbons (Fsp3) is 0.538. The molecule has 0 aromatic carbocycles. The van der Waals surface area contributed by atoms with E-state index >= 15 is 0 Å². The largest absolute Gasteiger partial charge is 0.359 e. The van der Waals surface area contributed by atoms with Crippen LogP contribution in [-0.2, 0) is 16.1 Å². The minimum atomic E-state index is -0.458. The lowest BCUT2D eigenvalue weighted by molar-refractivity contribution is -0.128. The van der Waals surface area contributed by atoms with E-state index in [1.165, 1.54) is 6.92 Å². The van der Waals surface area contributed by atoms with E-state index in [4.69, 9.17) is 0 Å². The van der Waals surface area contributed by atoms with Gasteiger partial charge >= 0.3 is 0 Å². The van der Waals surface area contributed by atoms with Gasteiger partial charge < -0.3 is 16.0 Å². The summed E-state index contributed by atoms with van der Waals surface area (Å²) in [7, 11) is 1.64. The molecule has 3 N–H and O–H groups in total. The highest BCUT2D eigenvalue weighted by atomic mass is 32.1. The maximum atomic E-state index is 11.6. The van der Waals surface area contributed by atoms with Gasteiger partial charge in [0.15, 0.2) is 0 Å². The van der Waals surface area contributed by atoms with Crippen LogP contribution < -0.4 is 16.0 Å². The van der Waals surface area contributed by atoms with E-state index in [2.05, 4.69) is 16.0 Å². The van der Waals surface area contributed by atoms with Crippen LogP contribution in [0.1, 0.15) is 25.6 Å². The third kappa shape index (κ3) is 4.65. The van der Waals surface area contributed by atoms with Gasteiger partial charge in [-0.25, -0.2) is 0 Å². The number of hydrogen-bond donors (Lipinski definition) is 3. The van der Waals surface area contributed by atoms with E-state index in [0.717, 1.165) is 10.6 Å². The van der Waals surface area contributed by atoms with Gasteiger partial charge in [-0.2, -0.15) is 0 Å². The zero-order chi connectivity index (χ0) is 14.5. The lowest BCUT2D eigenvalue weighted by Crippen LogP contribution is -2.41. The van der Waals surface area contributed by atoms with Crippen LogP contribution in [0, 0.1) is 5.41 Å². The fourth-order valence-corrected chi connectivity index (χ4v) is 2.49. The SMILES string of the molecule is CNC(=O)C(C)(C)CNCc1sccc1NC(C)=O. The Bertz CT molecular complexity index is 454. The molecule has 0 radical (unpaired) electrons. The van der Waals surface area contributed by atoms with Gasteiger partial charge in [0.1, 0.15) is 0 Å². The first-order chi connectivity index (χ1) is 8.86. The molecule has 1 rings (SSSR count). The molecule has 0 fully saturated rings. The van der Waals surface area contributed by atoms with E-state index < -0.39 is 5.41 Å². The molecule has 0 saturated heterocycles. The van der Waals surface area contributed by atoms with E-state index in [1.54, 1.807) is 18.4 Å². The van der Waals surface area contributed by atoms with Crippen molar-refractivity contribution in [1.29, 1.82) is 0 Å². The molecule has 1 aromatic heterocycles. The number of amides is 2. The first-order valence-electron chi connectivity index (χ1n) is 6.13. The van der Waals surface area contributed by atoms with Crippen molar-refractivity contribution in [1.82, 2.24) is 10.6 Å². The molecule has 0 saturated carbocycles. The molecule has 0 aliphatic heterocycles. The van der Waals surface area contributed by atoms with Gasteiger partial charge in [0.2, 0.25) is 11.8 Å². The predicted molar refractivity (Wildman–Crippen MR) is 78.2 cm³/mol. The van der Waals surface area contributed by atoms with Gasteiger partial charge in [-0.05, 0) is 25.3 Å². The van der Waals surface area contributed by atoms with Crippen molar-refractivity contribution in [3.8, 4) is 0 Å². The van der Waals surface area contributed by atoms with Crippen molar-refractivity contribution in [3.63, 3.8) is 0 Å². The molecule has 0 bridgehead atoms. The summed E-state index contributed by atoms with van der Waals surface area (Å²) in [5.41, 5.74) is 0.378. The lowest BCUT2D eigenvalue weighted by atomic mass is 9.92. The zero-order valence-corrected chi connectivity index (χ0v) is 12.6. The topological polar surface area (TPSA) is 70.2 Å². The van der Waals surface area contributed by atoms with Crippen molar-refractivity contribution in [2.24, 2.45) is 5.41 Å². The molecule has 6 heteroatoms. The summed E-state index contributed by atoms with van der Waals surface area (Å²) in [4.78, 5) is 23.7. The molecule has 0 aliphatic rings. The fourth-order valence-electron chi connectivity index (χ4n) is 1.69. The molecule has 0 unspecified atom stereocenters. The summed E-state index contributed by atoms with van der Waals surface area (Å²) in [6, 6.07) is 1.88. The van der Waals surface area contributed by atoms with Gasteiger partial charge in [0.25, 0.3) is 0 Å². The number of anilines is 1. The Hall–Kier alpha value is -1.40. The maximum Gasteiger partial charge on any atom is 0.226 e. The standard InChI is InChI=1S/C13H21N3O2S/c1-9(17)16-10-5-6-19-11(10)7-15-8-13(2,3)12(18)14-4/h5-6,15H,7-8H2,1-4H3,(H,14,18)(H,16,17). The van der Waals surface area contributed by atoms with Crippen LogP contribution in [0.4, 0.5) is 5.69 Å². The molecule has 1 aromatic rings. The van der Waals surface area contributed by atoms with Crippen molar-refractivity contribution < 1.29 is 9.59 Å². The maximum absolute atomic E-state index is 11.6. The van der Waals surface area contributed by atoms with E-state index in [1.807, 2.05) is 25.3 Å². The number of thiophene rings is 1. The third-order valence-corrected chi connectivity index (χ3v) is 3.67. The van der Waals surface area contributed by atoms with Crippen LogP contribution in [-0.4, -0.2) is 25.4 Å². The summed E-state index contributed by atoms with van der Waals surface area (Å²) >= 11 is 1.58. The quantitative estimate of drug-likeness (QED) is 0.742. The molecule has 5 nitrogen and oxygen atoms in total. The molecular formula is C13H21N3O2S. The lowest BCUT2D eigenvalue weighted by Gasteiger charge is -2.22. The molecule has 19 heavy (non-hydrogen) atoms. The first-order valence-corrected chi connectivity index (χ1v) is 7.01. The number of carbonyl (C=O) groups excluding carboxylic acids is 2. The van der Waals surface area contributed by atoms with E-state index in [0.29, 0.717) is 13.1 Å². The van der Waals surface area contributed by atoms with Gasteiger partial charge in [0, 0.05) is 31.9 Å². The Morgan fingerprint density at radius 3 is 2.63 bits per heavy atom. The van der Waals surface area contributed by atoms with Crippen molar-refractivity contribution >= 4 is 28.8 Å². The average molecular weight is 283 g/mol. The third-order valence-electron chi connectivity index (χ3n) is 2.75. The second-order valence-electron chi connectivity index (χ2n) is 5.01. The number of hydrogen-bond acceptors (Lipinski definition) is 4. The monoisotopic (exact) mass is 283 g/mol. The Morgan fingerprint density at radius 1 is 1.37 bits per heavy atom. The average Bonchev–Trinajstić information content (AvgIpc) is 2.74. The number of rotatable bonds is 6. The van der Waals surface area contributed by atoms with E-state index in [-0.39, 0.29) is 11.8 Å². The Labute approximate surface area is 117 Å². The van der Waals surface area contributed by atoms with Crippen LogP contribution in [0.2, 0.25) is 0 Å². The predicted octanol–water partition coefficient (Wildman–Crippen LogP) is 1.57. The Balaban J connectivity index is 2.52. The Kier molecular flexibility index (Phi) is 5.50. The minimum Gasteiger partial charge on any atom is -0.359 e. The van der Waals surface area contributed by atoms with Crippen molar-refractivity contribution in [2.75, 3.05) is 18.9 Å². The molecule has 0 spiro atoms. The summed E-state index contributed by atoms with van der Waals surface area (Å²) in [6.07, 6.45) is 0. The number of carbonyl (C=O) groups is 2. The molecular weight excluding hydrogens is 262 g/mol. The van der Waals surface area contributed by atoms with Crippen LogP contribution in [0.3, 0.4) is 0 Å². The number of nitrogens with one attached hydrogen (secondary N) is 3. The van der Waals surface area contributed by atoms with Crippen LogP contribution in [0.25, 0.3) is 0 Å². The molecule has 0 atom stereocenters. The minimum absolute atomic E-state index is 0.00765. The highest BCUT2D eigenvalue weighted by Crippen LogP contribution is 2.22. The zero-order valence-electron chi connectivity index (χ0n) is 11.8. The van der Waals surface area contributed by atoms with Crippen molar-refractivity contribution in [2.45, 2.75) is 27.3 Å². The smallest absolute Gasteiger partial charge is 0.226 e. The second kappa shape index (κ2) is 6.68. The molecule has 1 heterocycles. The normalized spacial score (nSPS) is 11.2. The molecule has 106 valence electrons. The Morgan fingerprint density at radius 2 is 2.05 bits per heavy atom. The first kappa shape index (κ1) is 15.7. The molecule has 0 aliphatic carbocycles. The van der Waals surface area contributed by atoms with E-state index in [9.17, 15) is 9.59 Å². The van der Waals surface area contributed by atoms with Gasteiger partial charge in [-0.1, -0.05) is 0 Å². The van der Waals surface area contributed by atoms with Crippen molar-refractivity contribution in [3.05, 3.63) is 16.3 Å². The van der Waals surface area contributed by atoms with Crippen LogP contribution in [0.5, 0.6) is 0 Å². The second-order valence-corrected chi connectivity index (χ2v) is 6.01.